The molecule has 0 aromatic carbocycles. The van der Waals surface area contributed by atoms with E-state index in [0.29, 0.717) is 0 Å². The highest BCUT2D eigenvalue weighted by atomic mass is 35.5. The Hall–Kier alpha value is 0.250. The SMILES string of the molecule is CCCCCCCCCCCC[N+](C)(CCCCCCCC)C(CCCCCCCC)CCCCCCCC.[Cl-]. The standard InChI is InChI=1S/C38H80N.ClH/c1-6-10-14-18-22-23-24-25-29-33-37-39(5,36-32-28-21-17-13-9-4)38(34-30-26-19-15-11-7-2)35-31-27-20-16-12-8-3;/h38H,6-37H2,1-5H3;1H/q+1;/p-1. The molecule has 0 aromatic heterocycles. The van der Waals surface area contributed by atoms with E-state index in [1.54, 1.807) is 0 Å². The first-order valence-corrected chi connectivity index (χ1v) is 19.0. The largest absolute Gasteiger partial charge is 1.00 e. The predicted molar refractivity (Wildman–Crippen MR) is 181 cm³/mol. The first-order chi connectivity index (χ1) is 19.1. The van der Waals surface area contributed by atoms with Gasteiger partial charge in [-0.3, -0.25) is 0 Å². The van der Waals surface area contributed by atoms with Crippen LogP contribution in [-0.2, 0) is 0 Å². The molecule has 0 rings (SSSR count). The van der Waals surface area contributed by atoms with Crippen molar-refractivity contribution in [2.45, 2.75) is 226 Å². The summed E-state index contributed by atoms with van der Waals surface area (Å²) in [5.74, 6) is 0. The molecule has 0 radical (unpaired) electrons. The van der Waals surface area contributed by atoms with Crippen molar-refractivity contribution in [1.29, 1.82) is 0 Å². The van der Waals surface area contributed by atoms with Crippen LogP contribution in [0.4, 0.5) is 0 Å². The normalized spacial score (nSPS) is 13.1. The van der Waals surface area contributed by atoms with Crippen molar-refractivity contribution in [3.05, 3.63) is 0 Å². The van der Waals surface area contributed by atoms with E-state index in [1.807, 2.05) is 0 Å². The fourth-order valence-corrected chi connectivity index (χ4v) is 6.78. The van der Waals surface area contributed by atoms with Gasteiger partial charge in [-0.25, -0.2) is 0 Å². The summed E-state index contributed by atoms with van der Waals surface area (Å²) in [6.07, 6.45) is 43.6. The molecule has 0 spiro atoms. The van der Waals surface area contributed by atoms with Crippen LogP contribution in [0, 0.1) is 0 Å². The fourth-order valence-electron chi connectivity index (χ4n) is 6.78. The number of nitrogens with zero attached hydrogens (tertiary/aromatic N) is 1. The van der Waals surface area contributed by atoms with Crippen molar-refractivity contribution in [3.63, 3.8) is 0 Å². The minimum atomic E-state index is 0. The summed E-state index contributed by atoms with van der Waals surface area (Å²) in [5, 5.41) is 0. The van der Waals surface area contributed by atoms with E-state index in [-0.39, 0.29) is 12.4 Å². The van der Waals surface area contributed by atoms with Crippen LogP contribution < -0.4 is 12.4 Å². The van der Waals surface area contributed by atoms with Crippen molar-refractivity contribution < 1.29 is 16.9 Å². The Morgan fingerprint density at radius 1 is 0.325 bits per heavy atom. The first kappa shape index (κ1) is 42.4. The fraction of sp³-hybridized carbons (Fsp3) is 1.00. The number of hydrogen-bond acceptors (Lipinski definition) is 0. The van der Waals surface area contributed by atoms with Gasteiger partial charge in [0, 0.05) is 0 Å². The third-order valence-electron chi connectivity index (χ3n) is 9.71. The Balaban J connectivity index is 0. The van der Waals surface area contributed by atoms with Gasteiger partial charge >= 0.3 is 0 Å². The first-order valence-electron chi connectivity index (χ1n) is 19.0. The van der Waals surface area contributed by atoms with E-state index in [2.05, 4.69) is 34.7 Å². The molecule has 0 aliphatic rings. The predicted octanol–water partition coefficient (Wildman–Crippen LogP) is 10.6. The van der Waals surface area contributed by atoms with Crippen molar-refractivity contribution >= 4 is 0 Å². The topological polar surface area (TPSA) is 0 Å². The number of halogens is 1. The third kappa shape index (κ3) is 27.1. The molecule has 0 bridgehead atoms. The smallest absolute Gasteiger partial charge is 0.0888 e. The average molecular weight is 587 g/mol. The summed E-state index contributed by atoms with van der Waals surface area (Å²) in [4.78, 5) is 0. The molecule has 0 amide bonds. The summed E-state index contributed by atoms with van der Waals surface area (Å²) >= 11 is 0. The molecule has 1 unspecified atom stereocenters. The summed E-state index contributed by atoms with van der Waals surface area (Å²) in [6, 6.07) is 0.913. The van der Waals surface area contributed by atoms with Crippen LogP contribution in [0.5, 0.6) is 0 Å². The Labute approximate surface area is 262 Å². The second-order valence-corrected chi connectivity index (χ2v) is 13.6. The second-order valence-electron chi connectivity index (χ2n) is 13.6. The van der Waals surface area contributed by atoms with Crippen LogP contribution >= 0.6 is 0 Å². The van der Waals surface area contributed by atoms with Crippen molar-refractivity contribution in [2.24, 2.45) is 0 Å². The van der Waals surface area contributed by atoms with Crippen LogP contribution in [0.1, 0.15) is 220 Å². The van der Waals surface area contributed by atoms with Gasteiger partial charge in [0.25, 0.3) is 0 Å². The van der Waals surface area contributed by atoms with Crippen molar-refractivity contribution in [1.82, 2.24) is 0 Å². The maximum absolute atomic E-state index is 2.69. The summed E-state index contributed by atoms with van der Waals surface area (Å²) in [7, 11) is 2.69. The van der Waals surface area contributed by atoms with Gasteiger partial charge in [-0.1, -0.05) is 169 Å². The molecule has 0 aromatic rings. The molecular formula is C38H80ClN. The summed E-state index contributed by atoms with van der Waals surface area (Å²) in [5.41, 5.74) is 0. The highest BCUT2D eigenvalue weighted by molar-refractivity contribution is 4.64. The highest BCUT2D eigenvalue weighted by Gasteiger charge is 2.31. The average Bonchev–Trinajstić information content (AvgIpc) is 2.94. The zero-order valence-electron chi connectivity index (χ0n) is 29.0. The highest BCUT2D eigenvalue weighted by Crippen LogP contribution is 2.26. The Morgan fingerprint density at radius 2 is 0.550 bits per heavy atom. The van der Waals surface area contributed by atoms with Gasteiger partial charge in [-0.05, 0) is 51.4 Å². The molecule has 0 aliphatic carbocycles. The number of rotatable bonds is 33. The molecule has 0 aliphatic heterocycles. The lowest BCUT2D eigenvalue weighted by Gasteiger charge is -2.43. The molecule has 0 heterocycles. The van der Waals surface area contributed by atoms with E-state index < -0.39 is 0 Å². The Morgan fingerprint density at radius 3 is 0.825 bits per heavy atom. The number of quaternary nitrogens is 1. The van der Waals surface area contributed by atoms with Gasteiger partial charge < -0.3 is 16.9 Å². The van der Waals surface area contributed by atoms with Gasteiger partial charge in [0.05, 0.1) is 26.2 Å². The van der Waals surface area contributed by atoms with Crippen LogP contribution in [0.25, 0.3) is 0 Å². The van der Waals surface area contributed by atoms with Crippen LogP contribution in [0.2, 0.25) is 0 Å². The number of hydrogen-bond donors (Lipinski definition) is 0. The van der Waals surface area contributed by atoms with Crippen LogP contribution in [0.3, 0.4) is 0 Å². The second kappa shape index (κ2) is 33.7. The summed E-state index contributed by atoms with van der Waals surface area (Å²) in [6.45, 7) is 12.2. The maximum Gasteiger partial charge on any atom is 0.0888 e. The van der Waals surface area contributed by atoms with E-state index >= 15 is 0 Å². The lowest BCUT2D eigenvalue weighted by molar-refractivity contribution is -0.934. The maximum atomic E-state index is 2.69. The van der Waals surface area contributed by atoms with Gasteiger partial charge in [-0.2, -0.15) is 0 Å². The van der Waals surface area contributed by atoms with Crippen molar-refractivity contribution in [2.75, 3.05) is 20.1 Å². The molecule has 244 valence electrons. The minimum Gasteiger partial charge on any atom is -1.00 e. The molecule has 1 nitrogen and oxygen atoms in total. The van der Waals surface area contributed by atoms with Crippen molar-refractivity contribution in [3.8, 4) is 0 Å². The molecule has 0 saturated heterocycles. The van der Waals surface area contributed by atoms with Gasteiger partial charge in [0.15, 0.2) is 0 Å². The zero-order valence-corrected chi connectivity index (χ0v) is 29.8. The van der Waals surface area contributed by atoms with Gasteiger partial charge in [-0.15, -0.1) is 0 Å². The molecule has 0 fully saturated rings. The van der Waals surface area contributed by atoms with Gasteiger partial charge in [0.2, 0.25) is 0 Å². The third-order valence-corrected chi connectivity index (χ3v) is 9.71. The van der Waals surface area contributed by atoms with E-state index in [0.717, 1.165) is 6.04 Å². The molecule has 0 N–H and O–H groups in total. The molecule has 40 heavy (non-hydrogen) atoms. The molecule has 2 heteroatoms. The number of unbranched alkanes of at least 4 members (excludes halogenated alkanes) is 24. The van der Waals surface area contributed by atoms with E-state index in [4.69, 9.17) is 0 Å². The molecular weight excluding hydrogens is 506 g/mol. The van der Waals surface area contributed by atoms with E-state index in [9.17, 15) is 0 Å². The summed E-state index contributed by atoms with van der Waals surface area (Å²) < 4.78 is 1.40. The molecule has 1 atom stereocenters. The lowest BCUT2D eigenvalue weighted by Crippen LogP contribution is -3.00. The molecule has 0 saturated carbocycles. The zero-order chi connectivity index (χ0) is 28.7. The minimum absolute atomic E-state index is 0. The lowest BCUT2D eigenvalue weighted by atomic mass is 9.95. The Bertz CT molecular complexity index is 437. The van der Waals surface area contributed by atoms with Crippen LogP contribution in [0.15, 0.2) is 0 Å². The van der Waals surface area contributed by atoms with Gasteiger partial charge in [0.1, 0.15) is 0 Å². The van der Waals surface area contributed by atoms with Crippen LogP contribution in [-0.4, -0.2) is 30.7 Å². The Kier molecular flexibility index (Phi) is 35.8. The van der Waals surface area contributed by atoms with E-state index in [1.165, 1.54) is 210 Å². The monoisotopic (exact) mass is 586 g/mol. The quantitative estimate of drug-likeness (QED) is 0.0530.